The zero-order valence-electron chi connectivity index (χ0n) is 11.4. The Kier molecular flexibility index (Phi) is 4.53. The van der Waals surface area contributed by atoms with E-state index >= 15 is 0 Å². The van der Waals surface area contributed by atoms with E-state index in [4.69, 9.17) is 4.74 Å². The third-order valence-corrected chi connectivity index (χ3v) is 3.81. The van der Waals surface area contributed by atoms with E-state index in [0.29, 0.717) is 31.4 Å². The van der Waals surface area contributed by atoms with E-state index in [9.17, 15) is 4.79 Å². The summed E-state index contributed by atoms with van der Waals surface area (Å²) in [4.78, 5) is 22.0. The molecule has 112 valence electrons. The Labute approximate surface area is 125 Å². The van der Waals surface area contributed by atoms with Crippen LogP contribution in [0.4, 0.5) is 5.13 Å². The Morgan fingerprint density at radius 2 is 2.52 bits per heavy atom. The topological polar surface area (TPSA) is 85.2 Å². The van der Waals surface area contributed by atoms with Crippen molar-refractivity contribution >= 4 is 22.4 Å². The number of amides is 1. The van der Waals surface area contributed by atoms with Crippen molar-refractivity contribution in [3.05, 3.63) is 24.2 Å². The van der Waals surface area contributed by atoms with Crippen LogP contribution in [0, 0.1) is 0 Å². The van der Waals surface area contributed by atoms with Crippen molar-refractivity contribution in [2.45, 2.75) is 12.6 Å². The summed E-state index contributed by atoms with van der Waals surface area (Å²) in [5.41, 5.74) is 0. The van der Waals surface area contributed by atoms with Gasteiger partial charge in [0.1, 0.15) is 12.7 Å². The molecule has 0 radical (unpaired) electrons. The number of hydrogen-bond acceptors (Lipinski definition) is 7. The monoisotopic (exact) mass is 308 g/mol. The second kappa shape index (κ2) is 6.74. The largest absolute Gasteiger partial charge is 0.374 e. The van der Waals surface area contributed by atoms with Crippen LogP contribution in [-0.2, 0) is 16.1 Å². The quantitative estimate of drug-likeness (QED) is 0.841. The first kappa shape index (κ1) is 14.1. The maximum Gasteiger partial charge on any atom is 0.240 e. The first-order valence-corrected chi connectivity index (χ1v) is 7.53. The van der Waals surface area contributed by atoms with Crippen molar-refractivity contribution in [1.29, 1.82) is 0 Å². The molecule has 1 unspecified atom stereocenters. The number of rotatable bonds is 5. The number of hydrogen-bond donors (Lipinski definition) is 1. The lowest BCUT2D eigenvalue weighted by atomic mass is 10.2. The third-order valence-electron chi connectivity index (χ3n) is 3.13. The molecule has 2 aromatic rings. The van der Waals surface area contributed by atoms with Gasteiger partial charge >= 0.3 is 0 Å². The molecule has 0 saturated carbocycles. The van der Waals surface area contributed by atoms with Gasteiger partial charge in [0.25, 0.3) is 0 Å². The molecule has 1 saturated heterocycles. The van der Waals surface area contributed by atoms with E-state index in [-0.39, 0.29) is 12.0 Å². The fraction of sp³-hybridized carbons (Fsp3) is 0.500. The molecule has 1 fully saturated rings. The van der Waals surface area contributed by atoms with Gasteiger partial charge in [-0.05, 0) is 0 Å². The van der Waals surface area contributed by atoms with Gasteiger partial charge < -0.3 is 10.1 Å². The zero-order chi connectivity index (χ0) is 14.5. The number of aromatic nitrogens is 4. The highest BCUT2D eigenvalue weighted by Crippen LogP contribution is 2.11. The van der Waals surface area contributed by atoms with Crippen LogP contribution in [0.3, 0.4) is 0 Å². The lowest BCUT2D eigenvalue weighted by Crippen LogP contribution is -2.47. The van der Waals surface area contributed by atoms with Crippen LogP contribution in [0.1, 0.15) is 0 Å². The zero-order valence-corrected chi connectivity index (χ0v) is 12.2. The second-order valence-corrected chi connectivity index (χ2v) is 5.63. The van der Waals surface area contributed by atoms with E-state index in [0.717, 1.165) is 6.54 Å². The van der Waals surface area contributed by atoms with Crippen LogP contribution in [0.2, 0.25) is 0 Å². The molecular weight excluding hydrogens is 292 g/mol. The summed E-state index contributed by atoms with van der Waals surface area (Å²) in [5.74, 6) is -0.0497. The van der Waals surface area contributed by atoms with E-state index in [1.807, 2.05) is 5.38 Å². The first-order chi connectivity index (χ1) is 10.3. The number of nitrogens with zero attached hydrogens (tertiary/aromatic N) is 5. The average molecular weight is 308 g/mol. The molecule has 8 nitrogen and oxygen atoms in total. The van der Waals surface area contributed by atoms with Crippen LogP contribution in [0.25, 0.3) is 0 Å². The summed E-state index contributed by atoms with van der Waals surface area (Å²) in [6.07, 6.45) is 4.86. The van der Waals surface area contributed by atoms with Crippen LogP contribution in [-0.4, -0.2) is 62.9 Å². The molecular formula is C12H16N6O2S. The molecule has 2 aromatic heterocycles. The van der Waals surface area contributed by atoms with Gasteiger partial charge in [0.2, 0.25) is 5.91 Å². The molecule has 0 aromatic carbocycles. The summed E-state index contributed by atoms with van der Waals surface area (Å²) in [6, 6.07) is 0. The minimum atomic E-state index is -0.0497. The molecule has 1 N–H and O–H groups in total. The Morgan fingerprint density at radius 1 is 1.57 bits per heavy atom. The summed E-state index contributed by atoms with van der Waals surface area (Å²) in [7, 11) is 0. The van der Waals surface area contributed by atoms with Crippen LogP contribution >= 0.6 is 11.3 Å². The smallest absolute Gasteiger partial charge is 0.240 e. The van der Waals surface area contributed by atoms with Crippen molar-refractivity contribution in [3.63, 3.8) is 0 Å². The minimum Gasteiger partial charge on any atom is -0.374 e. The molecule has 9 heteroatoms. The number of thiazole rings is 1. The number of anilines is 1. The standard InChI is InChI=1S/C12H16N6O2S/c19-11(16-12-14-1-4-21-12)7-17-2-3-20-10(5-17)6-18-9-13-8-15-18/h1,4,8-10H,2-3,5-7H2,(H,14,16,19). The van der Waals surface area contributed by atoms with Crippen molar-refractivity contribution < 1.29 is 9.53 Å². The summed E-state index contributed by atoms with van der Waals surface area (Å²) in [6.45, 7) is 3.05. The number of ether oxygens (including phenoxy) is 1. The maximum absolute atomic E-state index is 11.9. The summed E-state index contributed by atoms with van der Waals surface area (Å²) >= 11 is 1.41. The van der Waals surface area contributed by atoms with Crippen LogP contribution in [0.5, 0.6) is 0 Å². The van der Waals surface area contributed by atoms with Gasteiger partial charge in [0, 0.05) is 24.7 Å². The molecule has 0 bridgehead atoms. The minimum absolute atomic E-state index is 0.0214. The molecule has 1 amide bonds. The van der Waals surface area contributed by atoms with Crippen molar-refractivity contribution in [2.24, 2.45) is 0 Å². The van der Waals surface area contributed by atoms with E-state index < -0.39 is 0 Å². The average Bonchev–Trinajstić information content (AvgIpc) is 3.12. The highest BCUT2D eigenvalue weighted by molar-refractivity contribution is 7.13. The van der Waals surface area contributed by atoms with Crippen LogP contribution < -0.4 is 5.32 Å². The Bertz CT molecular complexity index is 558. The lowest BCUT2D eigenvalue weighted by Gasteiger charge is -2.32. The molecule has 1 aliphatic rings. The van der Waals surface area contributed by atoms with E-state index in [1.165, 1.54) is 17.7 Å². The summed E-state index contributed by atoms with van der Waals surface area (Å²) < 4.78 is 7.44. The van der Waals surface area contributed by atoms with Crippen LogP contribution in [0.15, 0.2) is 24.2 Å². The fourth-order valence-corrected chi connectivity index (χ4v) is 2.76. The van der Waals surface area contributed by atoms with Gasteiger partial charge in [-0.25, -0.2) is 9.97 Å². The molecule has 3 rings (SSSR count). The maximum atomic E-state index is 11.9. The van der Waals surface area contributed by atoms with Gasteiger partial charge in [-0.3, -0.25) is 14.4 Å². The molecule has 3 heterocycles. The normalized spacial score (nSPS) is 19.5. The van der Waals surface area contributed by atoms with Gasteiger partial charge in [0.05, 0.1) is 25.8 Å². The number of carbonyl (C=O) groups excluding carboxylic acids is 1. The van der Waals surface area contributed by atoms with Crippen molar-refractivity contribution in [3.8, 4) is 0 Å². The molecule has 21 heavy (non-hydrogen) atoms. The fourth-order valence-electron chi connectivity index (χ4n) is 2.22. The highest BCUT2D eigenvalue weighted by Gasteiger charge is 2.22. The number of carbonyl (C=O) groups is 1. The highest BCUT2D eigenvalue weighted by atomic mass is 32.1. The Morgan fingerprint density at radius 3 is 3.29 bits per heavy atom. The Hall–Kier alpha value is -1.84. The van der Waals surface area contributed by atoms with Gasteiger partial charge in [-0.2, -0.15) is 5.10 Å². The molecule has 1 atom stereocenters. The van der Waals surface area contributed by atoms with Crippen molar-refractivity contribution in [1.82, 2.24) is 24.6 Å². The molecule has 1 aliphatic heterocycles. The molecule has 0 spiro atoms. The lowest BCUT2D eigenvalue weighted by molar-refractivity contribution is -0.119. The van der Waals surface area contributed by atoms with Gasteiger partial charge in [0.15, 0.2) is 5.13 Å². The SMILES string of the molecule is O=C(CN1CCOC(Cn2cncn2)C1)Nc1nccs1. The summed E-state index contributed by atoms with van der Waals surface area (Å²) in [5, 5.41) is 9.32. The van der Waals surface area contributed by atoms with E-state index in [2.05, 4.69) is 25.3 Å². The second-order valence-electron chi connectivity index (χ2n) is 4.73. The Balaban J connectivity index is 1.48. The van der Waals surface area contributed by atoms with Crippen molar-refractivity contribution in [2.75, 3.05) is 31.6 Å². The number of nitrogens with one attached hydrogen (secondary N) is 1. The third kappa shape index (κ3) is 4.06. The first-order valence-electron chi connectivity index (χ1n) is 6.65. The molecule has 0 aliphatic carbocycles. The van der Waals surface area contributed by atoms with Gasteiger partial charge in [-0.15, -0.1) is 11.3 Å². The number of morpholine rings is 1. The predicted octanol–water partition coefficient (Wildman–Crippen LogP) is 0.0741. The predicted molar refractivity (Wildman–Crippen MR) is 76.9 cm³/mol. The van der Waals surface area contributed by atoms with E-state index in [1.54, 1.807) is 17.2 Å². The van der Waals surface area contributed by atoms with Gasteiger partial charge in [-0.1, -0.05) is 0 Å².